The van der Waals surface area contributed by atoms with E-state index in [1.807, 2.05) is 20.0 Å². The number of halogens is 1. The number of alkyl halides is 1. The summed E-state index contributed by atoms with van der Waals surface area (Å²) in [5, 5.41) is 0. The number of rotatable bonds is 3. The topological polar surface area (TPSA) is 32.9 Å². The molecule has 1 aromatic rings. The fourth-order valence-corrected chi connectivity index (χ4v) is 1.10. The van der Waals surface area contributed by atoms with Gasteiger partial charge in [0.2, 0.25) is 0 Å². The van der Waals surface area contributed by atoms with Crippen molar-refractivity contribution >= 4 is 23.5 Å². The average Bonchev–Trinajstić information content (AvgIpc) is 2.44. The maximum Gasteiger partial charge on any atom is 0.170 e. The summed E-state index contributed by atoms with van der Waals surface area (Å²) in [6, 6.07) is 0. The molecule has 2 nitrogen and oxygen atoms in total. The lowest BCUT2D eigenvalue weighted by atomic mass is 10.2. The van der Waals surface area contributed by atoms with Crippen LogP contribution in [0, 0.1) is 13.8 Å². The first kappa shape index (κ1) is 10.1. The van der Waals surface area contributed by atoms with Crippen LogP contribution in [-0.2, 0) is 4.79 Å². The Morgan fingerprint density at radius 3 is 2.77 bits per heavy atom. The van der Waals surface area contributed by atoms with Crippen molar-refractivity contribution in [3.8, 4) is 0 Å². The first-order valence-corrected chi connectivity index (χ1v) is 4.60. The molecule has 0 unspecified atom stereocenters. The smallest absolute Gasteiger partial charge is 0.170 e. The highest BCUT2D eigenvalue weighted by Crippen LogP contribution is 2.12. The van der Waals surface area contributed by atoms with Gasteiger partial charge in [-0.25, -0.2) is 0 Å². The first-order chi connectivity index (χ1) is 6.15. The summed E-state index contributed by atoms with van der Waals surface area (Å²) in [4.78, 5) is 13.9. The third kappa shape index (κ3) is 2.46. The van der Waals surface area contributed by atoms with Crippen LogP contribution in [0.1, 0.15) is 16.8 Å². The number of aryl methyl sites for hydroxylation is 1. The predicted octanol–water partition coefficient (Wildman–Crippen LogP) is 2.45. The van der Waals surface area contributed by atoms with Crippen molar-refractivity contribution in [1.29, 1.82) is 0 Å². The van der Waals surface area contributed by atoms with E-state index in [0.29, 0.717) is 0 Å². The molecule has 0 aliphatic carbocycles. The zero-order valence-electron chi connectivity index (χ0n) is 7.73. The fourth-order valence-electron chi connectivity index (χ4n) is 1.01. The van der Waals surface area contributed by atoms with Gasteiger partial charge in [-0.2, -0.15) is 0 Å². The van der Waals surface area contributed by atoms with Gasteiger partial charge >= 0.3 is 0 Å². The summed E-state index contributed by atoms with van der Waals surface area (Å²) in [6.45, 7) is 4.03. The number of ketones is 1. The lowest BCUT2D eigenvalue weighted by Crippen LogP contribution is -1.92. The van der Waals surface area contributed by atoms with Gasteiger partial charge in [-0.05, 0) is 37.1 Å². The molecule has 0 saturated carbocycles. The van der Waals surface area contributed by atoms with E-state index in [-0.39, 0.29) is 11.7 Å². The van der Waals surface area contributed by atoms with Gasteiger partial charge in [0, 0.05) is 11.9 Å². The molecule has 0 radical (unpaired) electrons. The van der Waals surface area contributed by atoms with Crippen molar-refractivity contribution in [3.05, 3.63) is 29.1 Å². The Hall–Kier alpha value is -1.02. The number of aromatic amines is 1. The summed E-state index contributed by atoms with van der Waals surface area (Å²) < 4.78 is 0. The van der Waals surface area contributed by atoms with Crippen molar-refractivity contribution < 1.29 is 4.79 Å². The minimum absolute atomic E-state index is 0.0369. The quantitative estimate of drug-likeness (QED) is 0.586. The second-order valence-corrected chi connectivity index (χ2v) is 3.21. The number of aromatic nitrogens is 1. The molecule has 0 amide bonds. The van der Waals surface area contributed by atoms with Crippen LogP contribution in [0.25, 0.3) is 6.08 Å². The number of carbonyl (C=O) groups is 1. The standard InChI is InChI=1S/C10H12ClNO/c1-7-6-12-10(8(7)2)4-3-9(13)5-11/h3-4,6,12H,5H2,1-2H3/b4-3+. The number of carbonyl (C=O) groups excluding carboxylic acids is 1. The van der Waals surface area contributed by atoms with Crippen molar-refractivity contribution in [2.24, 2.45) is 0 Å². The minimum Gasteiger partial charge on any atom is -0.361 e. The molecule has 0 fully saturated rings. The van der Waals surface area contributed by atoms with Crippen LogP contribution in [0.5, 0.6) is 0 Å². The third-order valence-corrected chi connectivity index (χ3v) is 2.27. The molecule has 0 atom stereocenters. The number of allylic oxidation sites excluding steroid dienone is 1. The van der Waals surface area contributed by atoms with Crippen LogP contribution in [-0.4, -0.2) is 16.6 Å². The van der Waals surface area contributed by atoms with Crippen molar-refractivity contribution in [2.75, 3.05) is 5.88 Å². The number of hydrogen-bond donors (Lipinski definition) is 1. The van der Waals surface area contributed by atoms with Gasteiger partial charge in [-0.15, -0.1) is 11.6 Å². The van der Waals surface area contributed by atoms with E-state index in [1.54, 1.807) is 6.08 Å². The van der Waals surface area contributed by atoms with E-state index < -0.39 is 0 Å². The number of hydrogen-bond acceptors (Lipinski definition) is 1. The molecule has 0 spiro atoms. The SMILES string of the molecule is Cc1c[nH]c(/C=C/C(=O)CCl)c1C. The highest BCUT2D eigenvalue weighted by molar-refractivity contribution is 6.29. The Morgan fingerprint density at radius 1 is 1.62 bits per heavy atom. The van der Waals surface area contributed by atoms with Crippen molar-refractivity contribution in [2.45, 2.75) is 13.8 Å². The summed E-state index contributed by atoms with van der Waals surface area (Å²) in [7, 11) is 0. The molecule has 13 heavy (non-hydrogen) atoms. The lowest BCUT2D eigenvalue weighted by Gasteiger charge is -1.91. The van der Waals surface area contributed by atoms with Crippen LogP contribution in [0.3, 0.4) is 0 Å². The van der Waals surface area contributed by atoms with Crippen LogP contribution in [0.15, 0.2) is 12.3 Å². The van der Waals surface area contributed by atoms with E-state index in [1.165, 1.54) is 17.2 Å². The van der Waals surface area contributed by atoms with Crippen LogP contribution < -0.4 is 0 Å². The van der Waals surface area contributed by atoms with Crippen molar-refractivity contribution in [1.82, 2.24) is 4.98 Å². The van der Waals surface area contributed by atoms with E-state index in [9.17, 15) is 4.79 Å². The lowest BCUT2D eigenvalue weighted by molar-refractivity contribution is -0.112. The summed E-state index contributed by atoms with van der Waals surface area (Å²) in [5.74, 6) is -0.0387. The van der Waals surface area contributed by atoms with Gasteiger partial charge in [-0.3, -0.25) is 4.79 Å². The molecule has 3 heteroatoms. The molecule has 0 saturated heterocycles. The van der Waals surface area contributed by atoms with E-state index in [2.05, 4.69) is 4.98 Å². The molecule has 70 valence electrons. The highest BCUT2D eigenvalue weighted by atomic mass is 35.5. The molecule has 0 bridgehead atoms. The molecule has 1 heterocycles. The van der Waals surface area contributed by atoms with E-state index in [0.717, 1.165) is 5.69 Å². The van der Waals surface area contributed by atoms with Gasteiger partial charge < -0.3 is 4.98 Å². The largest absolute Gasteiger partial charge is 0.361 e. The van der Waals surface area contributed by atoms with Gasteiger partial charge in [-0.1, -0.05) is 0 Å². The molecular formula is C10H12ClNO. The Balaban J connectivity index is 2.80. The normalized spacial score (nSPS) is 11.0. The Morgan fingerprint density at radius 2 is 2.31 bits per heavy atom. The molecule has 1 N–H and O–H groups in total. The Bertz CT molecular complexity index is 339. The van der Waals surface area contributed by atoms with Crippen LogP contribution >= 0.6 is 11.6 Å². The average molecular weight is 198 g/mol. The molecule has 0 aromatic carbocycles. The van der Waals surface area contributed by atoms with E-state index in [4.69, 9.17) is 11.6 Å². The second kappa shape index (κ2) is 4.28. The van der Waals surface area contributed by atoms with Gasteiger partial charge in [0.25, 0.3) is 0 Å². The molecule has 1 aromatic heterocycles. The summed E-state index contributed by atoms with van der Waals surface area (Å²) in [6.07, 6.45) is 5.17. The molecule has 0 aliphatic rings. The highest BCUT2D eigenvalue weighted by Gasteiger charge is 1.99. The first-order valence-electron chi connectivity index (χ1n) is 4.06. The summed E-state index contributed by atoms with van der Waals surface area (Å²) in [5.41, 5.74) is 3.33. The minimum atomic E-state index is -0.0756. The van der Waals surface area contributed by atoms with Gasteiger partial charge in [0.05, 0.1) is 5.88 Å². The number of H-pyrrole nitrogens is 1. The maximum atomic E-state index is 10.9. The monoisotopic (exact) mass is 197 g/mol. The fraction of sp³-hybridized carbons (Fsp3) is 0.300. The molecule has 1 rings (SSSR count). The van der Waals surface area contributed by atoms with Crippen molar-refractivity contribution in [3.63, 3.8) is 0 Å². The Labute approximate surface area is 82.6 Å². The summed E-state index contributed by atoms with van der Waals surface area (Å²) >= 11 is 5.35. The molecule has 0 aliphatic heterocycles. The van der Waals surface area contributed by atoms with Crippen LogP contribution in [0.2, 0.25) is 0 Å². The third-order valence-electron chi connectivity index (χ3n) is 2.01. The predicted molar refractivity (Wildman–Crippen MR) is 55.0 cm³/mol. The zero-order chi connectivity index (χ0) is 9.84. The maximum absolute atomic E-state index is 10.9. The van der Waals surface area contributed by atoms with E-state index >= 15 is 0 Å². The molecular weight excluding hydrogens is 186 g/mol. The zero-order valence-corrected chi connectivity index (χ0v) is 8.48. The Kier molecular flexibility index (Phi) is 3.32. The van der Waals surface area contributed by atoms with Gasteiger partial charge in [0.15, 0.2) is 5.78 Å². The number of nitrogens with one attached hydrogen (secondary N) is 1. The second-order valence-electron chi connectivity index (χ2n) is 2.94. The van der Waals surface area contributed by atoms with Gasteiger partial charge in [0.1, 0.15) is 0 Å². The van der Waals surface area contributed by atoms with Crippen LogP contribution in [0.4, 0.5) is 0 Å².